The van der Waals surface area contributed by atoms with Gasteiger partial charge in [-0.25, -0.2) is 13.5 Å². The summed E-state index contributed by atoms with van der Waals surface area (Å²) in [6, 6.07) is 8.56. The van der Waals surface area contributed by atoms with Gasteiger partial charge in [-0.3, -0.25) is 0 Å². The Balaban J connectivity index is 2.12. The van der Waals surface area contributed by atoms with Crippen molar-refractivity contribution in [1.82, 2.24) is 15.0 Å². The van der Waals surface area contributed by atoms with Crippen LogP contribution in [0.2, 0.25) is 0 Å². The zero-order valence-corrected chi connectivity index (χ0v) is 13.1. The van der Waals surface area contributed by atoms with E-state index in [0.717, 1.165) is 24.4 Å². The summed E-state index contributed by atoms with van der Waals surface area (Å²) in [5.41, 5.74) is 2.73. The molecule has 0 aliphatic heterocycles. The SMILES string of the molecule is CCCCNc1c(C)c(-n2nnc3ccccc32)cc(F)c1F. The number of fused-ring (bicyclic) bond motifs is 1. The minimum Gasteiger partial charge on any atom is -0.382 e. The third kappa shape index (κ3) is 2.76. The van der Waals surface area contributed by atoms with Gasteiger partial charge in [0, 0.05) is 18.2 Å². The second kappa shape index (κ2) is 6.32. The van der Waals surface area contributed by atoms with Gasteiger partial charge in [-0.05, 0) is 25.5 Å². The quantitative estimate of drug-likeness (QED) is 0.717. The van der Waals surface area contributed by atoms with Gasteiger partial charge in [-0.2, -0.15) is 0 Å². The van der Waals surface area contributed by atoms with Gasteiger partial charge in [0.15, 0.2) is 11.6 Å². The summed E-state index contributed by atoms with van der Waals surface area (Å²) in [6.45, 7) is 4.39. The third-order valence-corrected chi connectivity index (χ3v) is 3.86. The van der Waals surface area contributed by atoms with Crippen LogP contribution in [0.15, 0.2) is 30.3 Å². The van der Waals surface area contributed by atoms with Crippen LogP contribution in [0.1, 0.15) is 25.3 Å². The molecule has 3 rings (SSSR count). The number of rotatable bonds is 5. The van der Waals surface area contributed by atoms with Crippen molar-refractivity contribution in [3.63, 3.8) is 0 Å². The first kappa shape index (κ1) is 15.4. The second-order valence-corrected chi connectivity index (χ2v) is 5.46. The summed E-state index contributed by atoms with van der Waals surface area (Å²) < 4.78 is 29.7. The molecular formula is C17H18F2N4. The maximum Gasteiger partial charge on any atom is 0.182 e. The predicted molar refractivity (Wildman–Crippen MR) is 86.9 cm³/mol. The van der Waals surface area contributed by atoms with E-state index in [9.17, 15) is 8.78 Å². The molecule has 0 aliphatic carbocycles. The third-order valence-electron chi connectivity index (χ3n) is 3.86. The number of anilines is 1. The lowest BCUT2D eigenvalue weighted by atomic mass is 10.1. The molecule has 0 saturated heterocycles. The first-order valence-electron chi connectivity index (χ1n) is 7.66. The number of para-hydroxylation sites is 1. The van der Waals surface area contributed by atoms with Gasteiger partial charge in [0.25, 0.3) is 0 Å². The number of hydrogen-bond donors (Lipinski definition) is 1. The molecule has 0 unspecified atom stereocenters. The van der Waals surface area contributed by atoms with E-state index in [0.29, 0.717) is 23.3 Å². The van der Waals surface area contributed by atoms with Crippen LogP contribution in [0.5, 0.6) is 0 Å². The fourth-order valence-corrected chi connectivity index (χ4v) is 2.57. The first-order valence-corrected chi connectivity index (χ1v) is 7.66. The molecule has 0 bridgehead atoms. The summed E-state index contributed by atoms with van der Waals surface area (Å²) in [6.07, 6.45) is 1.86. The second-order valence-electron chi connectivity index (χ2n) is 5.46. The average molecular weight is 316 g/mol. The zero-order chi connectivity index (χ0) is 16.4. The maximum atomic E-state index is 14.1. The van der Waals surface area contributed by atoms with E-state index in [1.54, 1.807) is 6.92 Å². The molecule has 0 amide bonds. The minimum absolute atomic E-state index is 0.188. The summed E-state index contributed by atoms with van der Waals surface area (Å²) >= 11 is 0. The lowest BCUT2D eigenvalue weighted by molar-refractivity contribution is 0.508. The largest absolute Gasteiger partial charge is 0.382 e. The standard InChI is InChI=1S/C17H18F2N4/c1-3-4-9-20-17-11(2)15(10-12(18)16(17)19)23-14-8-6-5-7-13(14)21-22-23/h5-8,10,20H,3-4,9H2,1-2H3. The molecule has 4 nitrogen and oxygen atoms in total. The van der Waals surface area contributed by atoms with E-state index in [2.05, 4.69) is 15.6 Å². The number of benzene rings is 2. The topological polar surface area (TPSA) is 42.7 Å². The van der Waals surface area contributed by atoms with E-state index >= 15 is 0 Å². The number of aromatic nitrogens is 3. The smallest absolute Gasteiger partial charge is 0.182 e. The fourth-order valence-electron chi connectivity index (χ4n) is 2.57. The van der Waals surface area contributed by atoms with Crippen molar-refractivity contribution in [3.8, 4) is 5.69 Å². The Kier molecular flexibility index (Phi) is 4.23. The highest BCUT2D eigenvalue weighted by atomic mass is 19.2. The molecular weight excluding hydrogens is 298 g/mol. The lowest BCUT2D eigenvalue weighted by Crippen LogP contribution is -2.10. The first-order chi connectivity index (χ1) is 11.1. The van der Waals surface area contributed by atoms with Gasteiger partial charge < -0.3 is 5.32 Å². The molecule has 0 atom stereocenters. The van der Waals surface area contributed by atoms with Crippen molar-refractivity contribution in [3.05, 3.63) is 47.5 Å². The van der Waals surface area contributed by atoms with Crippen molar-refractivity contribution in [2.75, 3.05) is 11.9 Å². The van der Waals surface area contributed by atoms with Gasteiger partial charge in [0.2, 0.25) is 0 Å². The Morgan fingerprint density at radius 3 is 2.78 bits per heavy atom. The molecule has 6 heteroatoms. The Morgan fingerprint density at radius 1 is 1.22 bits per heavy atom. The van der Waals surface area contributed by atoms with E-state index in [4.69, 9.17) is 0 Å². The van der Waals surface area contributed by atoms with E-state index in [-0.39, 0.29) is 5.69 Å². The highest BCUT2D eigenvalue weighted by Gasteiger charge is 2.18. The average Bonchev–Trinajstić information content (AvgIpc) is 2.98. The number of hydrogen-bond acceptors (Lipinski definition) is 3. The van der Waals surface area contributed by atoms with Crippen LogP contribution in [0.3, 0.4) is 0 Å². The van der Waals surface area contributed by atoms with Crippen LogP contribution >= 0.6 is 0 Å². The van der Waals surface area contributed by atoms with Crippen molar-refractivity contribution < 1.29 is 8.78 Å². The molecule has 1 heterocycles. The van der Waals surface area contributed by atoms with Crippen molar-refractivity contribution in [1.29, 1.82) is 0 Å². The fraction of sp³-hybridized carbons (Fsp3) is 0.294. The summed E-state index contributed by atoms with van der Waals surface area (Å²) in [4.78, 5) is 0. The zero-order valence-electron chi connectivity index (χ0n) is 13.1. The molecule has 3 aromatic rings. The molecule has 2 aromatic carbocycles. The molecule has 1 N–H and O–H groups in total. The Bertz CT molecular complexity index is 842. The molecule has 0 fully saturated rings. The molecule has 0 aliphatic rings. The molecule has 120 valence electrons. The monoisotopic (exact) mass is 316 g/mol. The Morgan fingerprint density at radius 2 is 2.00 bits per heavy atom. The Labute approximate surface area is 133 Å². The Hall–Kier alpha value is -2.50. The van der Waals surface area contributed by atoms with Crippen LogP contribution in [0, 0.1) is 18.6 Å². The number of nitrogens with zero attached hydrogens (tertiary/aromatic N) is 3. The van der Waals surface area contributed by atoms with Crippen LogP contribution in [0.4, 0.5) is 14.5 Å². The number of halogens is 2. The summed E-state index contributed by atoms with van der Waals surface area (Å²) in [5.74, 6) is -1.75. The highest BCUT2D eigenvalue weighted by molar-refractivity contribution is 5.77. The molecule has 1 aromatic heterocycles. The molecule has 0 saturated carbocycles. The molecule has 23 heavy (non-hydrogen) atoms. The minimum atomic E-state index is -0.899. The van der Waals surface area contributed by atoms with Crippen molar-refractivity contribution in [2.45, 2.75) is 26.7 Å². The van der Waals surface area contributed by atoms with Crippen molar-refractivity contribution in [2.24, 2.45) is 0 Å². The molecule has 0 spiro atoms. The van der Waals surface area contributed by atoms with Gasteiger partial charge in [-0.1, -0.05) is 30.7 Å². The van der Waals surface area contributed by atoms with Crippen molar-refractivity contribution >= 4 is 16.7 Å². The van der Waals surface area contributed by atoms with E-state index in [1.807, 2.05) is 31.2 Å². The normalized spacial score (nSPS) is 11.1. The van der Waals surface area contributed by atoms with Crippen LogP contribution in [-0.4, -0.2) is 21.5 Å². The summed E-state index contributed by atoms with van der Waals surface area (Å²) in [7, 11) is 0. The maximum absolute atomic E-state index is 14.1. The summed E-state index contributed by atoms with van der Waals surface area (Å²) in [5, 5.41) is 11.2. The van der Waals surface area contributed by atoms with Crippen LogP contribution in [0.25, 0.3) is 16.7 Å². The molecule has 0 radical (unpaired) electrons. The van der Waals surface area contributed by atoms with Crippen LogP contribution in [-0.2, 0) is 0 Å². The van der Waals surface area contributed by atoms with Gasteiger partial charge in [-0.15, -0.1) is 5.10 Å². The van der Waals surface area contributed by atoms with E-state index in [1.165, 1.54) is 4.68 Å². The number of nitrogens with one attached hydrogen (secondary N) is 1. The van der Waals surface area contributed by atoms with Gasteiger partial charge in [0.05, 0.1) is 16.9 Å². The number of unbranched alkanes of at least 4 members (excludes halogenated alkanes) is 1. The lowest BCUT2D eigenvalue weighted by Gasteiger charge is -2.15. The van der Waals surface area contributed by atoms with Crippen LogP contribution < -0.4 is 5.32 Å². The highest BCUT2D eigenvalue weighted by Crippen LogP contribution is 2.29. The predicted octanol–water partition coefficient (Wildman–Crippen LogP) is 4.22. The van der Waals surface area contributed by atoms with Gasteiger partial charge >= 0.3 is 0 Å². The van der Waals surface area contributed by atoms with Gasteiger partial charge in [0.1, 0.15) is 5.52 Å². The van der Waals surface area contributed by atoms with E-state index < -0.39 is 11.6 Å².